The molecule has 1 saturated heterocycles. The van der Waals surface area contributed by atoms with E-state index < -0.39 is 4.92 Å². The van der Waals surface area contributed by atoms with Crippen LogP contribution in [0.5, 0.6) is 5.75 Å². The molecule has 1 fully saturated rings. The van der Waals surface area contributed by atoms with Gasteiger partial charge in [-0.25, -0.2) is 0 Å². The van der Waals surface area contributed by atoms with Crippen molar-refractivity contribution in [2.75, 3.05) is 26.2 Å². The molecule has 150 valence electrons. The van der Waals surface area contributed by atoms with E-state index in [1.165, 1.54) is 17.0 Å². The number of nitro benzene ring substituents is 1. The van der Waals surface area contributed by atoms with Gasteiger partial charge < -0.3 is 10.1 Å². The van der Waals surface area contributed by atoms with Crippen molar-refractivity contribution in [1.29, 1.82) is 0 Å². The van der Waals surface area contributed by atoms with Gasteiger partial charge in [-0.1, -0.05) is 25.1 Å². The summed E-state index contributed by atoms with van der Waals surface area (Å²) in [5, 5.41) is 16.0. The van der Waals surface area contributed by atoms with Crippen molar-refractivity contribution in [1.82, 2.24) is 10.2 Å². The number of hydrogen-bond acceptors (Lipinski definition) is 6. The third-order valence-corrected chi connectivity index (χ3v) is 6.02. The maximum atomic E-state index is 12.3. The van der Waals surface area contributed by atoms with Crippen LogP contribution in [0.3, 0.4) is 0 Å². The van der Waals surface area contributed by atoms with E-state index in [0.29, 0.717) is 6.54 Å². The summed E-state index contributed by atoms with van der Waals surface area (Å²) in [4.78, 5) is 26.5. The van der Waals surface area contributed by atoms with E-state index in [-0.39, 0.29) is 30.0 Å². The smallest absolute Gasteiger partial charge is 0.310 e. The van der Waals surface area contributed by atoms with Gasteiger partial charge in [0.05, 0.1) is 11.0 Å². The number of thiophene rings is 1. The largest absolute Gasteiger partial charge is 0.477 e. The van der Waals surface area contributed by atoms with E-state index in [2.05, 4.69) is 23.2 Å². The van der Waals surface area contributed by atoms with Gasteiger partial charge in [-0.05, 0) is 49.4 Å². The Morgan fingerprint density at radius 2 is 2.07 bits per heavy atom. The van der Waals surface area contributed by atoms with Crippen LogP contribution < -0.4 is 10.1 Å². The zero-order valence-corrected chi connectivity index (χ0v) is 16.7. The number of carbonyl (C=O) groups is 1. The monoisotopic (exact) mass is 403 g/mol. The molecule has 0 radical (unpaired) electrons. The number of para-hydroxylation sites is 2. The number of amides is 1. The summed E-state index contributed by atoms with van der Waals surface area (Å²) >= 11 is 1.69. The van der Waals surface area contributed by atoms with Gasteiger partial charge in [-0.2, -0.15) is 0 Å². The number of ether oxygens (including phenoxy) is 1. The molecule has 1 aliphatic heterocycles. The second-order valence-electron chi connectivity index (χ2n) is 7.07. The highest BCUT2D eigenvalue weighted by Crippen LogP contribution is 2.29. The highest BCUT2D eigenvalue weighted by atomic mass is 32.1. The molecular weight excluding hydrogens is 378 g/mol. The normalized spacial score (nSPS) is 16.5. The van der Waals surface area contributed by atoms with E-state index >= 15 is 0 Å². The molecule has 1 atom stereocenters. The summed E-state index contributed by atoms with van der Waals surface area (Å²) in [6.07, 6.45) is 2.33. The number of hydrogen-bond donors (Lipinski definition) is 1. The zero-order valence-electron chi connectivity index (χ0n) is 15.9. The van der Waals surface area contributed by atoms with Gasteiger partial charge in [0.15, 0.2) is 12.4 Å². The van der Waals surface area contributed by atoms with Gasteiger partial charge in [0.1, 0.15) is 0 Å². The molecule has 1 aromatic carbocycles. The first-order chi connectivity index (χ1) is 13.5. The number of carbonyl (C=O) groups excluding carboxylic acids is 1. The molecule has 2 heterocycles. The maximum Gasteiger partial charge on any atom is 0.310 e. The topological polar surface area (TPSA) is 84.7 Å². The molecular formula is C20H25N3O4S. The number of benzene rings is 1. The quantitative estimate of drug-likeness (QED) is 0.537. The first kappa shape index (κ1) is 20.3. The Bertz CT molecular complexity index is 789. The number of rotatable bonds is 8. The molecule has 1 amide bonds. The molecule has 7 nitrogen and oxygen atoms in total. The van der Waals surface area contributed by atoms with Crippen molar-refractivity contribution < 1.29 is 14.5 Å². The Balaban J connectivity index is 1.56. The van der Waals surface area contributed by atoms with Crippen molar-refractivity contribution in [3.05, 3.63) is 56.8 Å². The minimum absolute atomic E-state index is 0.0995. The van der Waals surface area contributed by atoms with Gasteiger partial charge in [-0.3, -0.25) is 19.8 Å². The lowest BCUT2D eigenvalue weighted by molar-refractivity contribution is -0.385. The van der Waals surface area contributed by atoms with Crippen LogP contribution in [0, 0.1) is 16.0 Å². The molecule has 3 rings (SSSR count). The molecule has 2 aromatic rings. The van der Waals surface area contributed by atoms with Crippen molar-refractivity contribution >= 4 is 22.9 Å². The zero-order chi connectivity index (χ0) is 19.9. The Labute approximate surface area is 168 Å². The minimum atomic E-state index is -0.516. The third-order valence-electron chi connectivity index (χ3n) is 5.04. The van der Waals surface area contributed by atoms with Gasteiger partial charge in [-0.15, -0.1) is 11.3 Å². The van der Waals surface area contributed by atoms with E-state index in [1.54, 1.807) is 23.5 Å². The molecule has 1 N–H and O–H groups in total. The van der Waals surface area contributed by atoms with Crippen LogP contribution in [0.1, 0.15) is 30.7 Å². The fraction of sp³-hybridized carbons (Fsp3) is 0.450. The van der Waals surface area contributed by atoms with Gasteiger partial charge in [0.25, 0.3) is 5.91 Å². The first-order valence-electron chi connectivity index (χ1n) is 9.45. The van der Waals surface area contributed by atoms with Crippen molar-refractivity contribution in [3.63, 3.8) is 0 Å². The summed E-state index contributed by atoms with van der Waals surface area (Å²) in [7, 11) is 0. The lowest BCUT2D eigenvalue weighted by Gasteiger charge is -2.36. The molecule has 0 spiro atoms. The fourth-order valence-electron chi connectivity index (χ4n) is 3.37. The summed E-state index contributed by atoms with van der Waals surface area (Å²) in [6, 6.07) is 10.3. The van der Waals surface area contributed by atoms with Crippen LogP contribution >= 0.6 is 11.3 Å². The number of nitrogens with zero attached hydrogens (tertiary/aromatic N) is 2. The third kappa shape index (κ3) is 5.30. The predicted octanol–water partition coefficient (Wildman–Crippen LogP) is 3.62. The second kappa shape index (κ2) is 9.66. The summed E-state index contributed by atoms with van der Waals surface area (Å²) < 4.78 is 5.38. The molecule has 28 heavy (non-hydrogen) atoms. The van der Waals surface area contributed by atoms with Crippen LogP contribution in [-0.2, 0) is 4.79 Å². The summed E-state index contributed by atoms with van der Waals surface area (Å²) in [5.74, 6) is 0.553. The number of nitro groups is 1. The number of nitrogens with one attached hydrogen (secondary N) is 1. The van der Waals surface area contributed by atoms with E-state index in [4.69, 9.17) is 4.74 Å². The Morgan fingerprint density at radius 3 is 2.75 bits per heavy atom. The number of likely N-dealkylation sites (tertiary alicyclic amines) is 1. The van der Waals surface area contributed by atoms with E-state index in [9.17, 15) is 14.9 Å². The molecule has 1 aliphatic rings. The van der Waals surface area contributed by atoms with Gasteiger partial charge in [0.2, 0.25) is 0 Å². The first-order valence-corrected chi connectivity index (χ1v) is 10.3. The molecule has 0 saturated carbocycles. The number of piperidine rings is 1. The van der Waals surface area contributed by atoms with Crippen molar-refractivity contribution in [3.8, 4) is 5.75 Å². The van der Waals surface area contributed by atoms with Crippen LogP contribution in [0.4, 0.5) is 5.69 Å². The minimum Gasteiger partial charge on any atom is -0.477 e. The molecule has 1 unspecified atom stereocenters. The lowest BCUT2D eigenvalue weighted by Crippen LogP contribution is -2.42. The fourth-order valence-corrected chi connectivity index (χ4v) is 4.23. The molecule has 0 aliphatic carbocycles. The van der Waals surface area contributed by atoms with E-state index in [0.717, 1.165) is 31.8 Å². The SMILES string of the molecule is CC1CCN(C(CNC(=O)COc2ccccc2[N+](=O)[O-])c2cccs2)CC1. The Kier molecular flexibility index (Phi) is 7.00. The Hall–Kier alpha value is -2.45. The van der Waals surface area contributed by atoms with Crippen LogP contribution in [0.15, 0.2) is 41.8 Å². The highest BCUT2D eigenvalue weighted by Gasteiger charge is 2.26. The lowest BCUT2D eigenvalue weighted by atomic mass is 9.97. The highest BCUT2D eigenvalue weighted by molar-refractivity contribution is 7.10. The second-order valence-corrected chi connectivity index (χ2v) is 8.05. The molecule has 1 aromatic heterocycles. The van der Waals surface area contributed by atoms with Gasteiger partial charge in [0, 0.05) is 17.5 Å². The maximum absolute atomic E-state index is 12.3. The van der Waals surface area contributed by atoms with Crippen molar-refractivity contribution in [2.24, 2.45) is 5.92 Å². The standard InChI is InChI=1S/C20H25N3O4S/c1-15-8-10-22(11-9-15)17(19-7-4-12-28-19)13-21-20(24)14-27-18-6-3-2-5-16(18)23(25)26/h2-7,12,15,17H,8-11,13-14H2,1H3,(H,21,24). The summed E-state index contributed by atoms with van der Waals surface area (Å²) in [5.41, 5.74) is -0.144. The Morgan fingerprint density at radius 1 is 1.32 bits per heavy atom. The summed E-state index contributed by atoms with van der Waals surface area (Å²) in [6.45, 7) is 4.56. The molecule has 8 heteroatoms. The molecule has 0 bridgehead atoms. The average Bonchev–Trinajstić information content (AvgIpc) is 3.22. The van der Waals surface area contributed by atoms with Crippen molar-refractivity contribution in [2.45, 2.75) is 25.8 Å². The van der Waals surface area contributed by atoms with E-state index in [1.807, 2.05) is 11.4 Å². The van der Waals surface area contributed by atoms with Crippen LogP contribution in [0.25, 0.3) is 0 Å². The average molecular weight is 404 g/mol. The van der Waals surface area contributed by atoms with Crippen LogP contribution in [-0.4, -0.2) is 42.0 Å². The predicted molar refractivity (Wildman–Crippen MR) is 109 cm³/mol. The van der Waals surface area contributed by atoms with Gasteiger partial charge >= 0.3 is 5.69 Å². The van der Waals surface area contributed by atoms with Crippen LogP contribution in [0.2, 0.25) is 0 Å².